The summed E-state index contributed by atoms with van der Waals surface area (Å²) >= 11 is 2.70. The number of rotatable bonds is 2. The predicted molar refractivity (Wildman–Crippen MR) is 60.1 cm³/mol. The molecule has 20 heavy (non-hydrogen) atoms. The third-order valence-corrected chi connectivity index (χ3v) is 3.21. The number of benzene rings is 1. The lowest BCUT2D eigenvalue weighted by Gasteiger charge is -2.16. The number of hydrogen-bond donors (Lipinski definition) is 0. The van der Waals surface area contributed by atoms with Crippen LogP contribution in [0.15, 0.2) is 18.2 Å². The molecule has 1 rings (SSSR count). The van der Waals surface area contributed by atoms with Crippen molar-refractivity contribution in [2.24, 2.45) is 0 Å². The Morgan fingerprint density at radius 3 is 1.75 bits per heavy atom. The van der Waals surface area contributed by atoms with Crippen molar-refractivity contribution in [3.8, 4) is 0 Å². The summed E-state index contributed by atoms with van der Waals surface area (Å²) in [6.45, 7) is 0. The van der Waals surface area contributed by atoms with Gasteiger partial charge in [-0.1, -0.05) is 15.9 Å². The molecule has 0 aliphatic rings. The first kappa shape index (κ1) is 16.8. The summed E-state index contributed by atoms with van der Waals surface area (Å²) in [6, 6.07) is 0.914. The van der Waals surface area contributed by atoms with Gasteiger partial charge in [0.25, 0.3) is 0 Å². The molecular weight excluding hydrogens is 358 g/mol. The Morgan fingerprint density at radius 1 is 1.05 bits per heavy atom. The zero-order valence-electron chi connectivity index (χ0n) is 9.77. The third kappa shape index (κ3) is 3.87. The molecule has 0 amide bonds. The van der Waals surface area contributed by atoms with Crippen LogP contribution in [0.5, 0.6) is 0 Å². The average Bonchev–Trinajstić information content (AvgIpc) is 2.34. The van der Waals surface area contributed by atoms with E-state index in [2.05, 4.69) is 20.7 Å². The van der Waals surface area contributed by atoms with E-state index in [1.165, 1.54) is 0 Å². The Balaban J connectivity index is 3.42. The molecule has 0 saturated carbocycles. The van der Waals surface area contributed by atoms with Gasteiger partial charge in [0, 0.05) is 0 Å². The summed E-state index contributed by atoms with van der Waals surface area (Å²) in [4.78, 5) is 9.78. The molecule has 1 aromatic carbocycles. The average molecular weight is 365 g/mol. The highest BCUT2D eigenvalue weighted by Crippen LogP contribution is 2.38. The molecule has 0 aliphatic heterocycles. The van der Waals surface area contributed by atoms with Crippen molar-refractivity contribution in [2.45, 2.75) is 17.2 Å². The number of esters is 1. The minimum absolute atomic E-state index is 0.0134. The van der Waals surface area contributed by atoms with Gasteiger partial charge in [-0.05, 0) is 23.8 Å². The molecule has 112 valence electrons. The van der Waals surface area contributed by atoms with Gasteiger partial charge in [-0.3, -0.25) is 4.79 Å². The van der Waals surface area contributed by atoms with Crippen molar-refractivity contribution >= 4 is 21.9 Å². The van der Waals surface area contributed by atoms with Crippen LogP contribution in [0, 0.1) is 0 Å². The van der Waals surface area contributed by atoms with E-state index in [1.807, 2.05) is 0 Å². The van der Waals surface area contributed by atoms with E-state index in [9.17, 15) is 31.1 Å². The van der Waals surface area contributed by atoms with Crippen LogP contribution in [0.25, 0.3) is 0 Å². The maximum absolute atomic E-state index is 12.6. The molecule has 0 radical (unpaired) electrons. The Morgan fingerprint density at radius 2 is 1.45 bits per heavy atom. The summed E-state index contributed by atoms with van der Waals surface area (Å²) < 4.78 is 79.8. The first-order valence-electron chi connectivity index (χ1n) is 4.98. The Kier molecular flexibility index (Phi) is 4.73. The molecule has 1 aromatic rings. The SMILES string of the molecule is COC(=O)C(Br)c1cc(C(F)(F)F)cc(C(F)(F)F)c1. The van der Waals surface area contributed by atoms with Gasteiger partial charge in [0.2, 0.25) is 0 Å². The van der Waals surface area contributed by atoms with Crippen LogP contribution < -0.4 is 0 Å². The van der Waals surface area contributed by atoms with Crippen LogP contribution in [-0.4, -0.2) is 13.1 Å². The molecule has 0 spiro atoms. The summed E-state index contributed by atoms with van der Waals surface area (Å²) in [6.07, 6.45) is -9.92. The van der Waals surface area contributed by atoms with Gasteiger partial charge >= 0.3 is 18.3 Å². The number of hydrogen-bond acceptors (Lipinski definition) is 2. The highest BCUT2D eigenvalue weighted by molar-refractivity contribution is 9.09. The molecule has 0 N–H and O–H groups in total. The van der Waals surface area contributed by atoms with Crippen molar-refractivity contribution in [3.63, 3.8) is 0 Å². The van der Waals surface area contributed by atoms with Gasteiger partial charge in [0.15, 0.2) is 0 Å². The molecular formula is C11H7BrF6O2. The van der Waals surface area contributed by atoms with E-state index in [0.717, 1.165) is 7.11 Å². The van der Waals surface area contributed by atoms with Crippen LogP contribution >= 0.6 is 15.9 Å². The van der Waals surface area contributed by atoms with E-state index < -0.39 is 39.8 Å². The number of carbonyl (C=O) groups excluding carboxylic acids is 1. The fourth-order valence-electron chi connectivity index (χ4n) is 1.36. The highest BCUT2D eigenvalue weighted by atomic mass is 79.9. The number of ether oxygens (including phenoxy) is 1. The van der Waals surface area contributed by atoms with Crippen molar-refractivity contribution < 1.29 is 35.9 Å². The maximum atomic E-state index is 12.6. The topological polar surface area (TPSA) is 26.3 Å². The van der Waals surface area contributed by atoms with Crippen molar-refractivity contribution in [1.29, 1.82) is 0 Å². The molecule has 0 heterocycles. The van der Waals surface area contributed by atoms with E-state index in [-0.39, 0.29) is 6.07 Å². The quantitative estimate of drug-likeness (QED) is 0.443. The van der Waals surface area contributed by atoms with Gasteiger partial charge < -0.3 is 4.74 Å². The van der Waals surface area contributed by atoms with E-state index in [4.69, 9.17) is 0 Å². The minimum Gasteiger partial charge on any atom is -0.468 e. The van der Waals surface area contributed by atoms with Crippen molar-refractivity contribution in [1.82, 2.24) is 0 Å². The van der Waals surface area contributed by atoms with E-state index in [1.54, 1.807) is 0 Å². The van der Waals surface area contributed by atoms with Crippen LogP contribution in [0.2, 0.25) is 0 Å². The zero-order valence-corrected chi connectivity index (χ0v) is 11.4. The maximum Gasteiger partial charge on any atom is 0.416 e. The van der Waals surface area contributed by atoms with Gasteiger partial charge in [0.1, 0.15) is 4.83 Å². The molecule has 1 atom stereocenters. The number of alkyl halides is 7. The molecule has 9 heteroatoms. The Labute approximate surface area is 117 Å². The normalized spacial score (nSPS) is 14.0. The molecule has 0 aliphatic carbocycles. The minimum atomic E-state index is -4.96. The second-order valence-electron chi connectivity index (χ2n) is 3.72. The van der Waals surface area contributed by atoms with Crippen molar-refractivity contribution in [3.05, 3.63) is 34.9 Å². The van der Waals surface area contributed by atoms with E-state index >= 15 is 0 Å². The lowest BCUT2D eigenvalue weighted by atomic mass is 10.0. The number of halogens is 7. The smallest absolute Gasteiger partial charge is 0.416 e. The molecule has 0 aromatic heterocycles. The molecule has 1 unspecified atom stereocenters. The first-order valence-corrected chi connectivity index (χ1v) is 5.89. The van der Waals surface area contributed by atoms with E-state index in [0.29, 0.717) is 12.1 Å². The first-order chi connectivity index (χ1) is 8.96. The monoisotopic (exact) mass is 364 g/mol. The fraction of sp³-hybridized carbons (Fsp3) is 0.364. The standard InChI is InChI=1S/C11H7BrF6O2/c1-20-9(19)8(12)5-2-6(10(13,14)15)4-7(3-5)11(16,17)18/h2-4,8H,1H3. The Hall–Kier alpha value is -1.25. The van der Waals surface area contributed by atoms with Crippen LogP contribution in [0.1, 0.15) is 21.5 Å². The molecule has 0 saturated heterocycles. The second-order valence-corrected chi connectivity index (χ2v) is 4.64. The van der Waals surface area contributed by atoms with Crippen molar-refractivity contribution in [2.75, 3.05) is 7.11 Å². The zero-order chi connectivity index (χ0) is 15.7. The van der Waals surface area contributed by atoms with Crippen LogP contribution in [0.3, 0.4) is 0 Å². The lowest BCUT2D eigenvalue weighted by Crippen LogP contribution is -2.14. The summed E-state index contributed by atoms with van der Waals surface area (Å²) in [5.41, 5.74) is -3.47. The van der Waals surface area contributed by atoms with Gasteiger partial charge in [0.05, 0.1) is 18.2 Å². The van der Waals surface area contributed by atoms with Gasteiger partial charge in [-0.15, -0.1) is 0 Å². The molecule has 0 fully saturated rings. The molecule has 2 nitrogen and oxygen atoms in total. The second kappa shape index (κ2) is 5.63. The summed E-state index contributed by atoms with van der Waals surface area (Å²) in [7, 11) is 0.967. The van der Waals surface area contributed by atoms with Crippen LogP contribution in [0.4, 0.5) is 26.3 Å². The summed E-state index contributed by atoms with van der Waals surface area (Å²) in [5.74, 6) is -1.00. The molecule has 0 bridgehead atoms. The largest absolute Gasteiger partial charge is 0.468 e. The Bertz CT molecular complexity index is 476. The summed E-state index contributed by atoms with van der Waals surface area (Å²) in [5, 5.41) is 0. The van der Waals surface area contributed by atoms with Gasteiger partial charge in [-0.2, -0.15) is 26.3 Å². The highest BCUT2D eigenvalue weighted by Gasteiger charge is 2.38. The lowest BCUT2D eigenvalue weighted by molar-refractivity contribution is -0.144. The van der Waals surface area contributed by atoms with Gasteiger partial charge in [-0.25, -0.2) is 0 Å². The van der Waals surface area contributed by atoms with Crippen LogP contribution in [-0.2, 0) is 21.9 Å². The fourth-order valence-corrected chi connectivity index (χ4v) is 1.82. The number of methoxy groups -OCH3 is 1. The third-order valence-electron chi connectivity index (χ3n) is 2.31. The number of carbonyl (C=O) groups is 1. The predicted octanol–water partition coefficient (Wildman–Crippen LogP) is 4.33.